The summed E-state index contributed by atoms with van der Waals surface area (Å²) in [5.74, 6) is 0.852. The van der Waals surface area contributed by atoms with Gasteiger partial charge in [-0.15, -0.1) is 0 Å². The van der Waals surface area contributed by atoms with E-state index in [1.54, 1.807) is 0 Å². The summed E-state index contributed by atoms with van der Waals surface area (Å²) in [5.41, 5.74) is 0. The molecule has 0 bridgehead atoms. The standard InChI is InChI=1S/C12H20N2O2/c1-3-10-12(16)14(5-4-11(15)13-10)9-6-8(2)7-9/h8-10H,3-7H2,1-2H3,(H,13,15). The van der Waals surface area contributed by atoms with Crippen molar-refractivity contribution < 1.29 is 9.59 Å². The maximum atomic E-state index is 12.2. The van der Waals surface area contributed by atoms with Gasteiger partial charge in [-0.1, -0.05) is 13.8 Å². The predicted octanol–water partition coefficient (Wildman–Crippen LogP) is 0.912. The summed E-state index contributed by atoms with van der Waals surface area (Å²) in [7, 11) is 0. The van der Waals surface area contributed by atoms with Gasteiger partial charge < -0.3 is 10.2 Å². The summed E-state index contributed by atoms with van der Waals surface area (Å²) in [6, 6.07) is 0.0788. The van der Waals surface area contributed by atoms with E-state index < -0.39 is 0 Å². The van der Waals surface area contributed by atoms with Crippen molar-refractivity contribution in [2.75, 3.05) is 6.54 Å². The first-order valence-corrected chi connectivity index (χ1v) is 6.21. The van der Waals surface area contributed by atoms with Crippen molar-refractivity contribution in [2.45, 2.75) is 51.6 Å². The minimum Gasteiger partial charge on any atom is -0.344 e. The molecular formula is C12H20N2O2. The first kappa shape index (κ1) is 11.4. The third-order valence-electron chi connectivity index (χ3n) is 3.69. The van der Waals surface area contributed by atoms with E-state index in [1.807, 2.05) is 11.8 Å². The maximum absolute atomic E-state index is 12.2. The number of rotatable bonds is 2. The zero-order valence-electron chi connectivity index (χ0n) is 10.0. The van der Waals surface area contributed by atoms with Crippen molar-refractivity contribution in [3.8, 4) is 0 Å². The molecular weight excluding hydrogens is 204 g/mol. The monoisotopic (exact) mass is 224 g/mol. The summed E-state index contributed by atoms with van der Waals surface area (Å²) in [6.07, 6.45) is 3.32. The van der Waals surface area contributed by atoms with E-state index in [9.17, 15) is 9.59 Å². The third-order valence-corrected chi connectivity index (χ3v) is 3.69. The molecule has 1 atom stereocenters. The molecule has 2 rings (SSSR count). The maximum Gasteiger partial charge on any atom is 0.245 e. The van der Waals surface area contributed by atoms with Crippen LogP contribution >= 0.6 is 0 Å². The molecule has 2 fully saturated rings. The first-order chi connectivity index (χ1) is 7.61. The van der Waals surface area contributed by atoms with E-state index in [-0.39, 0.29) is 17.9 Å². The van der Waals surface area contributed by atoms with Gasteiger partial charge in [0.05, 0.1) is 0 Å². The van der Waals surface area contributed by atoms with E-state index in [2.05, 4.69) is 12.2 Å². The Labute approximate surface area is 96.4 Å². The Morgan fingerprint density at radius 1 is 1.38 bits per heavy atom. The average Bonchev–Trinajstić information content (AvgIpc) is 2.35. The number of nitrogens with zero attached hydrogens (tertiary/aromatic N) is 1. The summed E-state index contributed by atoms with van der Waals surface area (Å²) < 4.78 is 0. The van der Waals surface area contributed by atoms with Gasteiger partial charge in [-0.2, -0.15) is 0 Å². The highest BCUT2D eigenvalue weighted by Crippen LogP contribution is 2.32. The number of amides is 2. The Morgan fingerprint density at radius 3 is 2.62 bits per heavy atom. The highest BCUT2D eigenvalue weighted by Gasteiger charge is 2.37. The van der Waals surface area contributed by atoms with Gasteiger partial charge in [0.1, 0.15) is 6.04 Å². The third kappa shape index (κ3) is 2.06. The van der Waals surface area contributed by atoms with Crippen LogP contribution in [0.2, 0.25) is 0 Å². The molecule has 1 aliphatic heterocycles. The molecule has 0 aromatic rings. The van der Waals surface area contributed by atoms with Crippen LogP contribution in [-0.4, -0.2) is 35.3 Å². The lowest BCUT2D eigenvalue weighted by Crippen LogP contribution is -2.52. The van der Waals surface area contributed by atoms with Crippen LogP contribution in [0.3, 0.4) is 0 Å². The molecule has 1 aliphatic carbocycles. The largest absolute Gasteiger partial charge is 0.344 e. The molecule has 16 heavy (non-hydrogen) atoms. The van der Waals surface area contributed by atoms with Crippen LogP contribution in [0.5, 0.6) is 0 Å². The van der Waals surface area contributed by atoms with E-state index >= 15 is 0 Å². The van der Waals surface area contributed by atoms with Crippen molar-refractivity contribution in [2.24, 2.45) is 5.92 Å². The van der Waals surface area contributed by atoms with Gasteiger partial charge in [0, 0.05) is 19.0 Å². The van der Waals surface area contributed by atoms with Crippen LogP contribution in [0, 0.1) is 5.92 Å². The Balaban J connectivity index is 2.05. The molecule has 90 valence electrons. The number of hydrogen-bond donors (Lipinski definition) is 1. The van der Waals surface area contributed by atoms with Crippen molar-refractivity contribution in [3.05, 3.63) is 0 Å². The topological polar surface area (TPSA) is 49.4 Å². The van der Waals surface area contributed by atoms with Crippen molar-refractivity contribution >= 4 is 11.8 Å². The number of carbonyl (C=O) groups is 2. The average molecular weight is 224 g/mol. The molecule has 2 aliphatic rings. The second-order valence-corrected chi connectivity index (χ2v) is 5.04. The molecule has 0 spiro atoms. The van der Waals surface area contributed by atoms with Crippen LogP contribution in [0.4, 0.5) is 0 Å². The van der Waals surface area contributed by atoms with E-state index in [0.29, 0.717) is 25.4 Å². The highest BCUT2D eigenvalue weighted by molar-refractivity contribution is 5.90. The summed E-state index contributed by atoms with van der Waals surface area (Å²) in [6.45, 7) is 4.74. The zero-order valence-corrected chi connectivity index (χ0v) is 10.0. The van der Waals surface area contributed by atoms with Crippen LogP contribution < -0.4 is 5.32 Å². The van der Waals surface area contributed by atoms with Crippen LogP contribution in [0.15, 0.2) is 0 Å². The minimum absolute atomic E-state index is 0.00933. The van der Waals surface area contributed by atoms with Crippen molar-refractivity contribution in [3.63, 3.8) is 0 Å². The van der Waals surface area contributed by atoms with Crippen molar-refractivity contribution in [1.82, 2.24) is 10.2 Å². The second-order valence-electron chi connectivity index (χ2n) is 5.04. The first-order valence-electron chi connectivity index (χ1n) is 6.21. The van der Waals surface area contributed by atoms with Gasteiger partial charge >= 0.3 is 0 Å². The predicted molar refractivity (Wildman–Crippen MR) is 60.7 cm³/mol. The molecule has 0 aromatic carbocycles. The smallest absolute Gasteiger partial charge is 0.245 e. The Bertz CT molecular complexity index is 297. The molecule has 1 heterocycles. The fourth-order valence-corrected chi connectivity index (χ4v) is 2.61. The lowest BCUT2D eigenvalue weighted by Gasteiger charge is -2.41. The fraction of sp³-hybridized carbons (Fsp3) is 0.833. The normalized spacial score (nSPS) is 35.4. The highest BCUT2D eigenvalue weighted by atomic mass is 16.2. The van der Waals surface area contributed by atoms with E-state index in [0.717, 1.165) is 18.8 Å². The molecule has 1 unspecified atom stereocenters. The lowest BCUT2D eigenvalue weighted by atomic mass is 9.80. The quantitative estimate of drug-likeness (QED) is 0.758. The molecule has 1 saturated carbocycles. The SMILES string of the molecule is CCC1NC(=O)CCN(C2CC(C)C2)C1=O. The number of carbonyl (C=O) groups excluding carboxylic acids is 2. The molecule has 0 aromatic heterocycles. The molecule has 0 radical (unpaired) electrons. The number of nitrogens with one attached hydrogen (secondary N) is 1. The fourth-order valence-electron chi connectivity index (χ4n) is 2.61. The molecule has 2 amide bonds. The van der Waals surface area contributed by atoms with Gasteiger partial charge in [0.2, 0.25) is 11.8 Å². The summed E-state index contributed by atoms with van der Waals surface area (Å²) in [4.78, 5) is 25.5. The second kappa shape index (κ2) is 4.44. The van der Waals surface area contributed by atoms with Gasteiger partial charge in [0.15, 0.2) is 0 Å². The van der Waals surface area contributed by atoms with Crippen LogP contribution in [0.1, 0.15) is 39.5 Å². The Kier molecular flexibility index (Phi) is 3.17. The lowest BCUT2D eigenvalue weighted by molar-refractivity contribution is -0.138. The number of hydrogen-bond acceptors (Lipinski definition) is 2. The van der Waals surface area contributed by atoms with E-state index in [4.69, 9.17) is 0 Å². The molecule has 1 N–H and O–H groups in total. The van der Waals surface area contributed by atoms with E-state index in [1.165, 1.54) is 0 Å². The Morgan fingerprint density at radius 2 is 2.06 bits per heavy atom. The van der Waals surface area contributed by atoms with Crippen LogP contribution in [-0.2, 0) is 9.59 Å². The Hall–Kier alpha value is -1.06. The van der Waals surface area contributed by atoms with Crippen molar-refractivity contribution in [1.29, 1.82) is 0 Å². The van der Waals surface area contributed by atoms with Gasteiger partial charge in [0.25, 0.3) is 0 Å². The van der Waals surface area contributed by atoms with Gasteiger partial charge in [-0.05, 0) is 25.2 Å². The zero-order chi connectivity index (χ0) is 11.7. The van der Waals surface area contributed by atoms with Gasteiger partial charge in [-0.3, -0.25) is 9.59 Å². The van der Waals surface area contributed by atoms with Gasteiger partial charge in [-0.25, -0.2) is 0 Å². The summed E-state index contributed by atoms with van der Waals surface area (Å²) in [5, 5.41) is 2.79. The molecule has 1 saturated heterocycles. The molecule has 4 nitrogen and oxygen atoms in total. The molecule has 4 heteroatoms. The minimum atomic E-state index is -0.300. The summed E-state index contributed by atoms with van der Waals surface area (Å²) >= 11 is 0. The van der Waals surface area contributed by atoms with Crippen LogP contribution in [0.25, 0.3) is 0 Å².